The summed E-state index contributed by atoms with van der Waals surface area (Å²) in [5, 5.41) is 0.138. The number of hydrogen-bond donors (Lipinski definition) is 1. The van der Waals surface area contributed by atoms with Gasteiger partial charge < -0.3 is 10.3 Å². The van der Waals surface area contributed by atoms with Crippen molar-refractivity contribution in [3.8, 4) is 11.1 Å². The van der Waals surface area contributed by atoms with Crippen LogP contribution in [0.3, 0.4) is 0 Å². The maximum absolute atomic E-state index is 14.4. The van der Waals surface area contributed by atoms with Gasteiger partial charge in [0.1, 0.15) is 5.82 Å². The van der Waals surface area contributed by atoms with Crippen molar-refractivity contribution in [2.24, 2.45) is 0 Å². The van der Waals surface area contributed by atoms with Crippen LogP contribution in [0, 0.1) is 5.82 Å². The molecule has 3 nitrogen and oxygen atoms in total. The van der Waals surface area contributed by atoms with Gasteiger partial charge in [-0.1, -0.05) is 12.1 Å². The van der Waals surface area contributed by atoms with Crippen LogP contribution in [0.2, 0.25) is 0 Å². The second kappa shape index (κ2) is 5.05. The minimum atomic E-state index is -0.493. The molecule has 3 aromatic rings. The molecule has 0 radical (unpaired) electrons. The Morgan fingerprint density at radius 2 is 1.81 bits per heavy atom. The third-order valence-electron chi connectivity index (χ3n) is 3.62. The van der Waals surface area contributed by atoms with Gasteiger partial charge in [-0.3, -0.25) is 4.79 Å². The predicted molar refractivity (Wildman–Crippen MR) is 83.7 cm³/mol. The van der Waals surface area contributed by atoms with Gasteiger partial charge in [0.25, 0.3) is 0 Å². The average molecular weight is 282 g/mol. The first-order valence-electron chi connectivity index (χ1n) is 6.78. The monoisotopic (exact) mass is 282 g/mol. The van der Waals surface area contributed by atoms with Crippen LogP contribution in [0.4, 0.5) is 10.1 Å². The van der Waals surface area contributed by atoms with Crippen LogP contribution in [-0.4, -0.2) is 4.57 Å². The van der Waals surface area contributed by atoms with Crippen LogP contribution in [0.25, 0.3) is 22.0 Å². The Morgan fingerprint density at radius 3 is 2.48 bits per heavy atom. The average Bonchev–Trinajstić information content (AvgIpc) is 2.48. The first-order chi connectivity index (χ1) is 10.1. The van der Waals surface area contributed by atoms with Crippen molar-refractivity contribution in [1.82, 2.24) is 4.57 Å². The number of nitrogen functional groups attached to an aromatic ring is 1. The third-order valence-corrected chi connectivity index (χ3v) is 3.62. The lowest BCUT2D eigenvalue weighted by Gasteiger charge is -2.11. The molecule has 0 spiro atoms. The number of anilines is 1. The van der Waals surface area contributed by atoms with Gasteiger partial charge in [0.15, 0.2) is 5.43 Å². The lowest BCUT2D eigenvalue weighted by atomic mass is 10.0. The summed E-state index contributed by atoms with van der Waals surface area (Å²) in [5.74, 6) is -0.493. The summed E-state index contributed by atoms with van der Waals surface area (Å²) in [7, 11) is 0. The Hall–Kier alpha value is -2.62. The van der Waals surface area contributed by atoms with Crippen molar-refractivity contribution in [3.63, 3.8) is 0 Å². The molecule has 0 amide bonds. The quantitative estimate of drug-likeness (QED) is 0.732. The van der Waals surface area contributed by atoms with Crippen molar-refractivity contribution >= 4 is 16.6 Å². The van der Waals surface area contributed by atoms with E-state index < -0.39 is 5.82 Å². The van der Waals surface area contributed by atoms with E-state index in [0.717, 1.165) is 11.1 Å². The van der Waals surface area contributed by atoms with E-state index in [1.54, 1.807) is 18.3 Å². The van der Waals surface area contributed by atoms with E-state index in [9.17, 15) is 9.18 Å². The van der Waals surface area contributed by atoms with Gasteiger partial charge in [-0.25, -0.2) is 4.39 Å². The molecule has 106 valence electrons. The van der Waals surface area contributed by atoms with E-state index in [1.807, 2.05) is 29.7 Å². The van der Waals surface area contributed by atoms with Crippen LogP contribution in [0.15, 0.2) is 53.5 Å². The van der Waals surface area contributed by atoms with Gasteiger partial charge in [0.05, 0.1) is 10.9 Å². The summed E-state index contributed by atoms with van der Waals surface area (Å²) in [6, 6.07) is 11.9. The number of hydrogen-bond acceptors (Lipinski definition) is 2. The molecule has 1 heterocycles. The molecule has 2 aromatic carbocycles. The molecule has 0 aliphatic rings. The third kappa shape index (κ3) is 2.29. The summed E-state index contributed by atoms with van der Waals surface area (Å²) >= 11 is 0. The number of nitrogens with two attached hydrogens (primary N) is 1. The zero-order valence-electron chi connectivity index (χ0n) is 11.6. The molecule has 4 heteroatoms. The Balaban J connectivity index is 2.32. The lowest BCUT2D eigenvalue weighted by Crippen LogP contribution is -2.09. The molecule has 3 rings (SSSR count). The largest absolute Gasteiger partial charge is 0.399 e. The number of rotatable bonds is 2. The minimum absolute atomic E-state index is 0.138. The molecule has 1 aromatic heterocycles. The van der Waals surface area contributed by atoms with Crippen molar-refractivity contribution in [2.45, 2.75) is 13.5 Å². The number of nitrogens with zero attached hydrogens (tertiary/aromatic N) is 1. The normalized spacial score (nSPS) is 11.0. The lowest BCUT2D eigenvalue weighted by molar-refractivity contribution is 0.638. The second-order valence-electron chi connectivity index (χ2n) is 4.94. The molecular weight excluding hydrogens is 267 g/mol. The number of aryl methyl sites for hydroxylation is 1. The van der Waals surface area contributed by atoms with Gasteiger partial charge in [0, 0.05) is 24.5 Å². The molecule has 0 saturated carbocycles. The molecule has 2 N–H and O–H groups in total. The molecule has 0 fully saturated rings. The standard InChI is InChI=1S/C17H15FN2O/c1-2-20-8-7-16(21)17-14(18)9-12(10-15(17)20)11-3-5-13(19)6-4-11/h3-10H,2,19H2,1H3. The first-order valence-corrected chi connectivity index (χ1v) is 6.78. The molecule has 0 aliphatic carbocycles. The minimum Gasteiger partial charge on any atom is -0.399 e. The highest BCUT2D eigenvalue weighted by atomic mass is 19.1. The topological polar surface area (TPSA) is 48.0 Å². The van der Waals surface area contributed by atoms with E-state index in [1.165, 1.54) is 12.1 Å². The molecule has 0 saturated heterocycles. The van der Waals surface area contributed by atoms with Crippen molar-refractivity contribution in [2.75, 3.05) is 5.73 Å². The number of pyridine rings is 1. The van der Waals surface area contributed by atoms with Gasteiger partial charge >= 0.3 is 0 Å². The highest BCUT2D eigenvalue weighted by molar-refractivity contribution is 5.85. The fraction of sp³-hybridized carbons (Fsp3) is 0.118. The molecule has 0 atom stereocenters. The number of benzene rings is 2. The smallest absolute Gasteiger partial charge is 0.192 e. The fourth-order valence-corrected chi connectivity index (χ4v) is 2.50. The van der Waals surface area contributed by atoms with Crippen LogP contribution >= 0.6 is 0 Å². The molecule has 0 unspecified atom stereocenters. The molecule has 0 bridgehead atoms. The van der Waals surface area contributed by atoms with Crippen molar-refractivity contribution < 1.29 is 4.39 Å². The van der Waals surface area contributed by atoms with Crippen LogP contribution in [0.5, 0.6) is 0 Å². The SMILES string of the molecule is CCn1ccc(=O)c2c(F)cc(-c3ccc(N)cc3)cc21. The zero-order valence-corrected chi connectivity index (χ0v) is 11.6. The molecule has 0 aliphatic heterocycles. The molecule has 21 heavy (non-hydrogen) atoms. The van der Waals surface area contributed by atoms with Crippen molar-refractivity contribution in [1.29, 1.82) is 0 Å². The first kappa shape index (κ1) is 13.4. The van der Waals surface area contributed by atoms with Gasteiger partial charge in [-0.15, -0.1) is 0 Å². The van der Waals surface area contributed by atoms with E-state index in [0.29, 0.717) is 17.7 Å². The second-order valence-corrected chi connectivity index (χ2v) is 4.94. The summed E-state index contributed by atoms with van der Waals surface area (Å²) in [4.78, 5) is 11.9. The number of aromatic nitrogens is 1. The summed E-state index contributed by atoms with van der Waals surface area (Å²) in [6.07, 6.45) is 1.69. The maximum Gasteiger partial charge on any atom is 0.192 e. The molecular formula is C17H15FN2O. The van der Waals surface area contributed by atoms with Crippen molar-refractivity contribution in [3.05, 3.63) is 64.7 Å². The Morgan fingerprint density at radius 1 is 1.10 bits per heavy atom. The highest BCUT2D eigenvalue weighted by Crippen LogP contribution is 2.26. The Labute approximate surface area is 121 Å². The van der Waals surface area contributed by atoms with Crippen LogP contribution < -0.4 is 11.2 Å². The van der Waals surface area contributed by atoms with E-state index in [4.69, 9.17) is 5.73 Å². The number of halogens is 1. The fourth-order valence-electron chi connectivity index (χ4n) is 2.50. The van der Waals surface area contributed by atoms with Gasteiger partial charge in [-0.2, -0.15) is 0 Å². The zero-order chi connectivity index (χ0) is 15.0. The van der Waals surface area contributed by atoms with E-state index >= 15 is 0 Å². The van der Waals surface area contributed by atoms with Crippen LogP contribution in [-0.2, 0) is 6.54 Å². The van der Waals surface area contributed by atoms with Gasteiger partial charge in [-0.05, 0) is 42.3 Å². The number of fused-ring (bicyclic) bond motifs is 1. The Kier molecular flexibility index (Phi) is 3.22. The van der Waals surface area contributed by atoms with E-state index in [2.05, 4.69) is 0 Å². The summed E-state index contributed by atoms with van der Waals surface area (Å²) < 4.78 is 16.2. The Bertz CT molecular complexity index is 866. The van der Waals surface area contributed by atoms with E-state index in [-0.39, 0.29) is 10.8 Å². The predicted octanol–water partition coefficient (Wildman–Crippen LogP) is 3.41. The van der Waals surface area contributed by atoms with Crippen LogP contribution in [0.1, 0.15) is 6.92 Å². The van der Waals surface area contributed by atoms with Gasteiger partial charge in [0.2, 0.25) is 0 Å². The summed E-state index contributed by atoms with van der Waals surface area (Å²) in [6.45, 7) is 2.62. The summed E-state index contributed by atoms with van der Waals surface area (Å²) in [5.41, 5.74) is 8.24. The maximum atomic E-state index is 14.4. The highest BCUT2D eigenvalue weighted by Gasteiger charge is 2.11.